The molecule has 3 rings (SSSR count). The maximum atomic E-state index is 12.9. The molecule has 1 N–H and O–H groups in total. The quantitative estimate of drug-likeness (QED) is 0.616. The van der Waals surface area contributed by atoms with Gasteiger partial charge in [-0.15, -0.1) is 0 Å². The number of aromatic nitrogens is 5. The Balaban J connectivity index is 1.95. The molecule has 0 radical (unpaired) electrons. The van der Waals surface area contributed by atoms with E-state index in [0.29, 0.717) is 24.8 Å². The van der Waals surface area contributed by atoms with E-state index in [0.717, 1.165) is 0 Å². The Bertz CT molecular complexity index is 1010. The van der Waals surface area contributed by atoms with E-state index in [4.69, 9.17) is 9.47 Å². The molecule has 0 unspecified atom stereocenters. The maximum Gasteiger partial charge on any atom is 0.266 e. The summed E-state index contributed by atoms with van der Waals surface area (Å²) in [5.74, 6) is 1.10. The average molecular weight is 390 g/mol. The summed E-state index contributed by atoms with van der Waals surface area (Å²) in [6, 6.07) is 6.07. The minimum Gasteiger partial charge on any atom is -0.494 e. The fourth-order valence-corrected chi connectivity index (χ4v) is 3.44. The molecular formula is C16H18N6O4S. The topological polar surface area (TPSA) is 121 Å². The molecule has 142 valence electrons. The lowest BCUT2D eigenvalue weighted by Crippen LogP contribution is -2.16. The Labute approximate surface area is 156 Å². The Morgan fingerprint density at radius 1 is 1.07 bits per heavy atom. The molecule has 0 amide bonds. The molecule has 2 heterocycles. The second kappa shape index (κ2) is 7.99. The van der Waals surface area contributed by atoms with Crippen LogP contribution in [0, 0.1) is 0 Å². The van der Waals surface area contributed by atoms with Crippen LogP contribution in [0.15, 0.2) is 48.1 Å². The number of anilines is 1. The van der Waals surface area contributed by atoms with Gasteiger partial charge in [-0.05, 0) is 26.0 Å². The van der Waals surface area contributed by atoms with Crippen LogP contribution < -0.4 is 14.2 Å². The van der Waals surface area contributed by atoms with Crippen molar-refractivity contribution in [2.75, 3.05) is 17.9 Å². The Hall–Kier alpha value is -3.21. The summed E-state index contributed by atoms with van der Waals surface area (Å²) in [6.07, 6.45) is 4.02. The van der Waals surface area contributed by atoms with Crippen LogP contribution in [0.5, 0.6) is 11.5 Å². The van der Waals surface area contributed by atoms with Gasteiger partial charge in [0.05, 0.1) is 13.2 Å². The van der Waals surface area contributed by atoms with Gasteiger partial charge in [-0.1, -0.05) is 0 Å². The highest BCUT2D eigenvalue weighted by molar-refractivity contribution is 7.92. The number of ether oxygens (including phenoxy) is 2. The predicted octanol–water partition coefficient (Wildman–Crippen LogP) is 1.66. The lowest BCUT2D eigenvalue weighted by molar-refractivity contribution is 0.322. The molecule has 0 atom stereocenters. The van der Waals surface area contributed by atoms with Crippen molar-refractivity contribution in [3.05, 3.63) is 43.2 Å². The molecule has 27 heavy (non-hydrogen) atoms. The summed E-state index contributed by atoms with van der Waals surface area (Å²) >= 11 is 0. The molecular weight excluding hydrogens is 372 g/mol. The van der Waals surface area contributed by atoms with Gasteiger partial charge in [0.15, 0.2) is 5.82 Å². The van der Waals surface area contributed by atoms with Gasteiger partial charge in [0.1, 0.15) is 41.2 Å². The number of hydrogen-bond donors (Lipinski definition) is 1. The van der Waals surface area contributed by atoms with Crippen LogP contribution >= 0.6 is 0 Å². The van der Waals surface area contributed by atoms with E-state index in [1.54, 1.807) is 19.1 Å². The van der Waals surface area contributed by atoms with Crippen molar-refractivity contribution in [1.82, 2.24) is 24.7 Å². The largest absolute Gasteiger partial charge is 0.494 e. The Morgan fingerprint density at radius 3 is 2.59 bits per heavy atom. The number of hydrogen-bond acceptors (Lipinski definition) is 8. The molecule has 0 fully saturated rings. The smallest absolute Gasteiger partial charge is 0.266 e. The zero-order chi connectivity index (χ0) is 19.3. The zero-order valence-electron chi connectivity index (χ0n) is 14.7. The molecule has 2 aromatic heterocycles. The van der Waals surface area contributed by atoms with Crippen molar-refractivity contribution in [2.24, 2.45) is 0 Å². The monoisotopic (exact) mass is 390 g/mol. The van der Waals surface area contributed by atoms with Crippen LogP contribution in [0.2, 0.25) is 0 Å². The number of nitrogens with zero attached hydrogens (tertiary/aromatic N) is 5. The van der Waals surface area contributed by atoms with Gasteiger partial charge < -0.3 is 9.47 Å². The molecule has 0 aliphatic heterocycles. The van der Waals surface area contributed by atoms with Crippen molar-refractivity contribution in [2.45, 2.75) is 18.7 Å². The molecule has 3 aromatic rings. The van der Waals surface area contributed by atoms with Gasteiger partial charge in [-0.2, -0.15) is 5.10 Å². The van der Waals surface area contributed by atoms with Crippen LogP contribution in [-0.2, 0) is 10.0 Å². The summed E-state index contributed by atoms with van der Waals surface area (Å²) in [6.45, 7) is 4.32. The van der Waals surface area contributed by atoms with Gasteiger partial charge in [0, 0.05) is 12.1 Å². The third-order valence-electron chi connectivity index (χ3n) is 3.36. The van der Waals surface area contributed by atoms with Gasteiger partial charge >= 0.3 is 0 Å². The molecule has 1 aromatic carbocycles. The van der Waals surface area contributed by atoms with Crippen molar-refractivity contribution >= 4 is 15.8 Å². The highest BCUT2D eigenvalue weighted by atomic mass is 32.2. The second-order valence-electron chi connectivity index (χ2n) is 5.18. The average Bonchev–Trinajstić information content (AvgIpc) is 3.18. The minimum atomic E-state index is -3.98. The second-order valence-corrected chi connectivity index (χ2v) is 6.83. The standard InChI is InChI=1S/C16H18N6O4S/c1-3-25-12-5-6-13(26-4-2)14(7-12)27(23,24)21-15-8-16(19-10-18-15)22-11-17-9-20-22/h5-11H,3-4H2,1-2H3,(H,18,19,21). The molecule has 0 aliphatic carbocycles. The van der Waals surface area contributed by atoms with Crippen LogP contribution in [0.3, 0.4) is 0 Å². The van der Waals surface area contributed by atoms with Gasteiger partial charge in [0.2, 0.25) is 0 Å². The first-order valence-electron chi connectivity index (χ1n) is 8.13. The molecule has 0 saturated heterocycles. The van der Waals surface area contributed by atoms with E-state index in [9.17, 15) is 8.42 Å². The zero-order valence-corrected chi connectivity index (χ0v) is 15.5. The first-order valence-corrected chi connectivity index (χ1v) is 9.61. The van der Waals surface area contributed by atoms with E-state index in [2.05, 4.69) is 24.8 Å². The van der Waals surface area contributed by atoms with Gasteiger partial charge in [-0.3, -0.25) is 4.72 Å². The van der Waals surface area contributed by atoms with Crippen LogP contribution in [0.4, 0.5) is 5.82 Å². The maximum absolute atomic E-state index is 12.9. The van der Waals surface area contributed by atoms with Crippen LogP contribution in [0.25, 0.3) is 5.82 Å². The number of nitrogens with one attached hydrogen (secondary N) is 1. The number of benzene rings is 1. The van der Waals surface area contributed by atoms with E-state index >= 15 is 0 Å². The summed E-state index contributed by atoms with van der Waals surface area (Å²) in [7, 11) is -3.98. The number of sulfonamides is 1. The Kier molecular flexibility index (Phi) is 5.50. The Morgan fingerprint density at radius 2 is 1.89 bits per heavy atom. The van der Waals surface area contributed by atoms with Crippen molar-refractivity contribution < 1.29 is 17.9 Å². The third kappa shape index (κ3) is 4.31. The molecule has 10 nitrogen and oxygen atoms in total. The fraction of sp³-hybridized carbons (Fsp3) is 0.250. The third-order valence-corrected chi connectivity index (χ3v) is 4.74. The number of rotatable bonds is 8. The molecule has 11 heteroatoms. The summed E-state index contributed by atoms with van der Waals surface area (Å²) < 4.78 is 40.5. The van der Waals surface area contributed by atoms with E-state index in [-0.39, 0.29) is 16.5 Å². The van der Waals surface area contributed by atoms with E-state index < -0.39 is 10.0 Å². The summed E-state index contributed by atoms with van der Waals surface area (Å²) in [4.78, 5) is 11.8. The van der Waals surface area contributed by atoms with Crippen molar-refractivity contribution in [3.8, 4) is 17.3 Å². The minimum absolute atomic E-state index is 0.0452. The highest BCUT2D eigenvalue weighted by Gasteiger charge is 2.22. The summed E-state index contributed by atoms with van der Waals surface area (Å²) in [5, 5.41) is 3.95. The first-order chi connectivity index (χ1) is 13.0. The van der Waals surface area contributed by atoms with E-state index in [1.807, 2.05) is 6.92 Å². The molecule has 0 spiro atoms. The first kappa shape index (κ1) is 18.6. The van der Waals surface area contributed by atoms with Crippen LogP contribution in [0.1, 0.15) is 13.8 Å². The molecule has 0 saturated carbocycles. The predicted molar refractivity (Wildman–Crippen MR) is 96.5 cm³/mol. The van der Waals surface area contributed by atoms with Gasteiger partial charge in [0.25, 0.3) is 10.0 Å². The lowest BCUT2D eigenvalue weighted by Gasteiger charge is -2.14. The fourth-order valence-electron chi connectivity index (χ4n) is 2.28. The van der Waals surface area contributed by atoms with E-state index in [1.165, 1.54) is 35.8 Å². The highest BCUT2D eigenvalue weighted by Crippen LogP contribution is 2.30. The van der Waals surface area contributed by atoms with Gasteiger partial charge in [-0.25, -0.2) is 28.1 Å². The molecule has 0 bridgehead atoms. The SMILES string of the molecule is CCOc1ccc(OCC)c(S(=O)(=O)Nc2cc(-n3cncn3)ncn2)c1. The normalized spacial score (nSPS) is 11.2. The van der Waals surface area contributed by atoms with Crippen LogP contribution in [-0.4, -0.2) is 46.4 Å². The lowest BCUT2D eigenvalue weighted by atomic mass is 10.3. The van der Waals surface area contributed by atoms with Crippen molar-refractivity contribution in [3.63, 3.8) is 0 Å². The summed E-state index contributed by atoms with van der Waals surface area (Å²) in [5.41, 5.74) is 0. The molecule has 0 aliphatic rings. The van der Waals surface area contributed by atoms with Crippen molar-refractivity contribution in [1.29, 1.82) is 0 Å².